The van der Waals surface area contributed by atoms with E-state index in [1.807, 2.05) is 0 Å². The zero-order valence-electron chi connectivity index (χ0n) is 35.1. The Morgan fingerprint density at radius 1 is 0.611 bits per heavy atom. The van der Waals surface area contributed by atoms with Gasteiger partial charge in [-0.25, -0.2) is 0 Å². The molecule has 0 aliphatic carbocycles. The second-order valence-electron chi connectivity index (χ2n) is 14.7. The third kappa shape index (κ3) is 35.0. The molecule has 1 amide bonds. The van der Waals surface area contributed by atoms with Crippen molar-refractivity contribution in [3.63, 3.8) is 0 Å². The quantitative estimate of drug-likeness (QED) is 0.0365. The van der Waals surface area contributed by atoms with Crippen LogP contribution in [0.15, 0.2) is 48.1 Å². The van der Waals surface area contributed by atoms with E-state index in [0.717, 1.165) is 89.9 Å². The maximum absolute atomic E-state index is 13.0. The Hall–Kier alpha value is -2.71. The Balaban J connectivity index is 4.18. The van der Waals surface area contributed by atoms with Crippen molar-refractivity contribution in [2.24, 2.45) is 5.73 Å². The summed E-state index contributed by atoms with van der Waals surface area (Å²) in [6.07, 6.45) is 42.2. The van der Waals surface area contributed by atoms with E-state index in [-0.39, 0.29) is 50.8 Å². The number of allylic oxidation sites excluding steroid dienone is 8. The summed E-state index contributed by atoms with van der Waals surface area (Å²) in [6, 6.07) is -0.770. The highest BCUT2D eigenvalue weighted by atomic mass is 16.5. The number of aliphatic hydroxyl groups is 1. The van der Waals surface area contributed by atoms with Crippen LogP contribution in [-0.4, -0.2) is 66.8 Å². The van der Waals surface area contributed by atoms with E-state index in [9.17, 15) is 14.4 Å². The molecule has 0 saturated heterocycles. The normalized spacial score (nSPS) is 12.6. The molecular weight excluding hydrogens is 677 g/mol. The fourth-order valence-electron chi connectivity index (χ4n) is 6.04. The van der Waals surface area contributed by atoms with Crippen molar-refractivity contribution in [3.05, 3.63) is 48.1 Å². The second-order valence-corrected chi connectivity index (χ2v) is 14.7. The van der Waals surface area contributed by atoms with Crippen LogP contribution in [0.5, 0.6) is 0 Å². The molecule has 8 heteroatoms. The molecule has 0 fully saturated rings. The zero-order valence-corrected chi connectivity index (χ0v) is 35.1. The average molecular weight is 759 g/mol. The molecule has 0 saturated carbocycles. The van der Waals surface area contributed by atoms with Crippen LogP contribution in [0.2, 0.25) is 0 Å². The number of ether oxygens (including phenoxy) is 2. The molecule has 0 aromatic rings. The summed E-state index contributed by atoms with van der Waals surface area (Å²) in [6.45, 7) is 7.14. The fraction of sp³-hybridized carbons (Fsp3) is 0.761. The summed E-state index contributed by atoms with van der Waals surface area (Å²) in [7, 11) is 0. The monoisotopic (exact) mass is 759 g/mol. The van der Waals surface area contributed by atoms with Crippen LogP contribution >= 0.6 is 0 Å². The van der Waals surface area contributed by atoms with Gasteiger partial charge in [0.25, 0.3) is 0 Å². The third-order valence-corrected chi connectivity index (χ3v) is 9.54. The van der Waals surface area contributed by atoms with Gasteiger partial charge in [0.05, 0.1) is 19.1 Å². The smallest absolute Gasteiger partial charge is 0.305 e. The lowest BCUT2D eigenvalue weighted by atomic mass is 10.1. The van der Waals surface area contributed by atoms with E-state index in [0.29, 0.717) is 25.7 Å². The van der Waals surface area contributed by atoms with Crippen molar-refractivity contribution in [2.75, 3.05) is 32.9 Å². The maximum atomic E-state index is 13.0. The Morgan fingerprint density at radius 3 is 1.59 bits per heavy atom. The highest BCUT2D eigenvalue weighted by molar-refractivity contribution is 5.81. The van der Waals surface area contributed by atoms with Crippen LogP contribution in [0.3, 0.4) is 0 Å². The van der Waals surface area contributed by atoms with Crippen molar-refractivity contribution in [1.29, 1.82) is 0 Å². The number of carbonyl (C=O) groups is 3. The Kier molecular flexibility index (Phi) is 38.0. The number of hydrogen-bond acceptors (Lipinski definition) is 7. The Labute approximate surface area is 331 Å². The first-order valence-corrected chi connectivity index (χ1v) is 21.9. The predicted octanol–water partition coefficient (Wildman–Crippen LogP) is 11.0. The largest absolute Gasteiger partial charge is 0.464 e. The van der Waals surface area contributed by atoms with Gasteiger partial charge >= 0.3 is 11.9 Å². The molecule has 0 aromatic heterocycles. The molecular formula is C46H82N2O6. The van der Waals surface area contributed by atoms with Crippen molar-refractivity contribution in [3.8, 4) is 0 Å². The molecule has 0 radical (unpaired) electrons. The van der Waals surface area contributed by atoms with Gasteiger partial charge in [-0.15, -0.1) is 0 Å². The van der Waals surface area contributed by atoms with Crippen LogP contribution in [0.25, 0.3) is 0 Å². The number of carbonyl (C=O) groups excluding carboxylic acids is 3. The van der Waals surface area contributed by atoms with Crippen LogP contribution in [0, 0.1) is 0 Å². The minimum absolute atomic E-state index is 0.0434. The maximum Gasteiger partial charge on any atom is 0.305 e. The molecule has 1 unspecified atom stereocenters. The topological polar surface area (TPSA) is 119 Å². The third-order valence-electron chi connectivity index (χ3n) is 9.54. The minimum Gasteiger partial charge on any atom is -0.464 e. The molecule has 0 aromatic carbocycles. The SMILES string of the molecule is CCCCC/C=C\C/C=C\CCCCCCCC(=O)OCCN(CCOC(=O)CCCCCCC/C=C\C/C(C)=C\CCCCC)C(=O)C(N)CCCO. The van der Waals surface area contributed by atoms with Gasteiger partial charge in [0, 0.05) is 19.4 Å². The zero-order chi connectivity index (χ0) is 39.7. The highest BCUT2D eigenvalue weighted by Crippen LogP contribution is 2.12. The van der Waals surface area contributed by atoms with Crippen molar-refractivity contribution in [2.45, 2.75) is 194 Å². The minimum atomic E-state index is -0.770. The molecule has 1 atom stereocenters. The average Bonchev–Trinajstić information content (AvgIpc) is 3.16. The molecule has 0 heterocycles. The van der Waals surface area contributed by atoms with Gasteiger partial charge in [-0.1, -0.05) is 126 Å². The van der Waals surface area contributed by atoms with E-state index < -0.39 is 6.04 Å². The molecule has 3 N–H and O–H groups in total. The standard InChI is InChI=1S/C46H82N2O6/c1-4-6-8-10-11-12-13-14-15-16-17-18-22-25-29-35-44(50)53-40-37-48(46(52)43(47)34-31-39-49)38-41-54-45(51)36-30-26-23-20-19-21-24-28-33-42(3)32-27-9-7-5-2/h11-12,14-15,24,28,32,43,49H,4-10,13,16-23,25-27,29-31,33-41,47H2,1-3H3/b12-11-,15-14-,28-24-,42-32-. The Bertz CT molecular complexity index is 1020. The van der Waals surface area contributed by atoms with Crippen LogP contribution < -0.4 is 5.73 Å². The molecule has 0 bridgehead atoms. The number of amides is 1. The number of esters is 2. The van der Waals surface area contributed by atoms with Gasteiger partial charge in [0.2, 0.25) is 5.91 Å². The summed E-state index contributed by atoms with van der Waals surface area (Å²) < 4.78 is 10.9. The summed E-state index contributed by atoms with van der Waals surface area (Å²) in [4.78, 5) is 39.2. The summed E-state index contributed by atoms with van der Waals surface area (Å²) in [5.41, 5.74) is 7.54. The van der Waals surface area contributed by atoms with Crippen LogP contribution in [0.4, 0.5) is 0 Å². The van der Waals surface area contributed by atoms with E-state index in [1.54, 1.807) is 0 Å². The van der Waals surface area contributed by atoms with Crippen molar-refractivity contribution in [1.82, 2.24) is 4.90 Å². The van der Waals surface area contributed by atoms with Gasteiger partial charge in [0.1, 0.15) is 13.2 Å². The van der Waals surface area contributed by atoms with Crippen LogP contribution in [0.1, 0.15) is 188 Å². The predicted molar refractivity (Wildman–Crippen MR) is 226 cm³/mol. The lowest BCUT2D eigenvalue weighted by Gasteiger charge is -2.25. The van der Waals surface area contributed by atoms with Gasteiger partial charge in [-0.3, -0.25) is 14.4 Å². The van der Waals surface area contributed by atoms with E-state index in [1.165, 1.54) is 61.8 Å². The highest BCUT2D eigenvalue weighted by Gasteiger charge is 2.21. The molecule has 0 aliphatic heterocycles. The lowest BCUT2D eigenvalue weighted by Crippen LogP contribution is -2.46. The summed E-state index contributed by atoms with van der Waals surface area (Å²) in [5, 5.41) is 9.15. The summed E-state index contributed by atoms with van der Waals surface area (Å²) >= 11 is 0. The van der Waals surface area contributed by atoms with Gasteiger partial charge in [-0.05, 0) is 96.8 Å². The van der Waals surface area contributed by atoms with Crippen LogP contribution in [-0.2, 0) is 23.9 Å². The first kappa shape index (κ1) is 51.3. The number of aliphatic hydroxyl groups excluding tert-OH is 1. The molecule has 8 nitrogen and oxygen atoms in total. The van der Waals surface area contributed by atoms with Crippen molar-refractivity contribution >= 4 is 17.8 Å². The molecule has 312 valence electrons. The first-order chi connectivity index (χ1) is 26.3. The van der Waals surface area contributed by atoms with Crippen molar-refractivity contribution < 1.29 is 29.0 Å². The van der Waals surface area contributed by atoms with E-state index in [4.69, 9.17) is 20.3 Å². The second kappa shape index (κ2) is 40.0. The molecule has 0 rings (SSSR count). The number of nitrogens with two attached hydrogens (primary N) is 1. The lowest BCUT2D eigenvalue weighted by molar-refractivity contribution is -0.148. The molecule has 54 heavy (non-hydrogen) atoms. The number of unbranched alkanes of at least 4 members (excludes halogenated alkanes) is 16. The van der Waals surface area contributed by atoms with E-state index >= 15 is 0 Å². The van der Waals surface area contributed by atoms with Gasteiger partial charge < -0.3 is 25.2 Å². The van der Waals surface area contributed by atoms with Gasteiger partial charge in [0.15, 0.2) is 0 Å². The number of nitrogens with zero attached hydrogens (tertiary/aromatic N) is 1. The number of rotatable bonds is 38. The first-order valence-electron chi connectivity index (χ1n) is 21.9. The fourth-order valence-corrected chi connectivity index (χ4v) is 6.04. The molecule has 0 aliphatic rings. The number of hydrogen-bond donors (Lipinski definition) is 2. The Morgan fingerprint density at radius 2 is 1.07 bits per heavy atom. The molecule has 0 spiro atoms. The van der Waals surface area contributed by atoms with Gasteiger partial charge in [-0.2, -0.15) is 0 Å². The summed E-state index contributed by atoms with van der Waals surface area (Å²) in [5.74, 6) is -0.832. The van der Waals surface area contributed by atoms with E-state index in [2.05, 4.69) is 63.3 Å².